The molecule has 1 aromatic carbocycles. The zero-order valence-corrected chi connectivity index (χ0v) is 16.5. The van der Waals surface area contributed by atoms with Crippen LogP contribution in [0.25, 0.3) is 0 Å². The highest BCUT2D eigenvalue weighted by Crippen LogP contribution is 2.31. The van der Waals surface area contributed by atoms with Crippen molar-refractivity contribution in [3.05, 3.63) is 74.4 Å². The Kier molecular flexibility index (Phi) is 6.35. The summed E-state index contributed by atoms with van der Waals surface area (Å²) in [6.45, 7) is 2.50. The summed E-state index contributed by atoms with van der Waals surface area (Å²) in [5.41, 5.74) is 1.73. The third-order valence-corrected chi connectivity index (χ3v) is 5.45. The molecule has 1 unspecified atom stereocenters. The number of thiophene rings is 1. The van der Waals surface area contributed by atoms with Gasteiger partial charge in [0, 0.05) is 28.0 Å². The molecule has 3 rings (SSSR count). The van der Waals surface area contributed by atoms with Crippen LogP contribution in [0.1, 0.15) is 40.2 Å². The summed E-state index contributed by atoms with van der Waals surface area (Å²) in [5.74, 6) is -0.334. The summed E-state index contributed by atoms with van der Waals surface area (Å²) < 4.78 is 7.71. The lowest BCUT2D eigenvalue weighted by molar-refractivity contribution is 0.0260. The van der Waals surface area contributed by atoms with E-state index in [1.165, 1.54) is 11.3 Å². The largest absolute Gasteiger partial charge is 0.451 e. The third kappa shape index (κ3) is 4.47. The minimum atomic E-state index is -0.543. The number of carbonyl (C=O) groups is 1. The van der Waals surface area contributed by atoms with E-state index in [0.29, 0.717) is 27.0 Å². The Morgan fingerprint density at radius 1 is 1.35 bits per heavy atom. The van der Waals surface area contributed by atoms with Gasteiger partial charge in [0.15, 0.2) is 0 Å². The quantitative estimate of drug-likeness (QED) is 0.463. The van der Waals surface area contributed by atoms with E-state index in [2.05, 4.69) is 11.9 Å². The first-order valence-electron chi connectivity index (χ1n) is 8.26. The number of hydrogen-bond donors (Lipinski definition) is 0. The maximum absolute atomic E-state index is 12.8. The van der Waals surface area contributed by atoms with Gasteiger partial charge in [0.05, 0.1) is 12.9 Å². The second-order valence-electron chi connectivity index (χ2n) is 5.84. The molecule has 1 atom stereocenters. The average Bonchev–Trinajstić information content (AvgIpc) is 3.26. The Hall–Kier alpha value is -1.82. The fraction of sp³-hybridized carbons (Fsp3) is 0.263. The van der Waals surface area contributed by atoms with Crippen molar-refractivity contribution >= 4 is 40.5 Å². The Morgan fingerprint density at radius 2 is 2.19 bits per heavy atom. The number of aryl methyl sites for hydroxylation is 1. The molecule has 3 aromatic rings. The van der Waals surface area contributed by atoms with E-state index in [1.54, 1.807) is 30.7 Å². The second kappa shape index (κ2) is 8.71. The molecule has 0 aliphatic heterocycles. The van der Waals surface area contributed by atoms with Gasteiger partial charge in [-0.15, -0.1) is 11.3 Å². The molecule has 2 heterocycles. The number of carbonyl (C=O) groups excluding carboxylic acids is 1. The number of rotatable bonds is 7. The molecule has 0 saturated carbocycles. The van der Waals surface area contributed by atoms with E-state index in [0.717, 1.165) is 18.4 Å². The zero-order valence-electron chi connectivity index (χ0n) is 14.2. The monoisotopic (exact) mass is 408 g/mol. The molecular weight excluding hydrogens is 391 g/mol. The number of nitrogens with zero attached hydrogens (tertiary/aromatic N) is 2. The Labute approximate surface area is 166 Å². The molecule has 0 aliphatic rings. The van der Waals surface area contributed by atoms with Gasteiger partial charge in [-0.3, -0.25) is 0 Å². The van der Waals surface area contributed by atoms with Gasteiger partial charge in [0.2, 0.25) is 0 Å². The number of imidazole rings is 1. The Morgan fingerprint density at radius 3 is 2.88 bits per heavy atom. The molecule has 0 amide bonds. The summed E-state index contributed by atoms with van der Waals surface area (Å²) in [5, 5.41) is 2.92. The van der Waals surface area contributed by atoms with Gasteiger partial charge < -0.3 is 9.30 Å². The SMILES string of the molecule is CCCc1ccsc1C(=O)OC(Cn1ccnc1)c1ccc(Cl)cc1Cl. The average molecular weight is 409 g/mol. The van der Waals surface area contributed by atoms with Crippen LogP contribution < -0.4 is 0 Å². The van der Waals surface area contributed by atoms with Crippen molar-refractivity contribution in [2.45, 2.75) is 32.4 Å². The highest BCUT2D eigenvalue weighted by molar-refractivity contribution is 7.12. The Balaban J connectivity index is 1.87. The maximum Gasteiger partial charge on any atom is 0.349 e. The number of halogens is 2. The summed E-state index contributed by atoms with van der Waals surface area (Å²) in [4.78, 5) is 17.5. The van der Waals surface area contributed by atoms with Crippen LogP contribution in [-0.2, 0) is 17.7 Å². The van der Waals surface area contributed by atoms with Crippen LogP contribution in [0, 0.1) is 0 Å². The van der Waals surface area contributed by atoms with Crippen molar-refractivity contribution in [1.29, 1.82) is 0 Å². The fourth-order valence-corrected chi connectivity index (χ4v) is 4.08. The van der Waals surface area contributed by atoms with Gasteiger partial charge >= 0.3 is 5.97 Å². The van der Waals surface area contributed by atoms with Crippen molar-refractivity contribution in [2.75, 3.05) is 0 Å². The fourth-order valence-electron chi connectivity index (χ4n) is 2.71. The molecule has 0 fully saturated rings. The van der Waals surface area contributed by atoms with Crippen LogP contribution in [0.3, 0.4) is 0 Å². The van der Waals surface area contributed by atoms with Crippen molar-refractivity contribution in [3.63, 3.8) is 0 Å². The Bertz CT molecular complexity index is 878. The van der Waals surface area contributed by atoms with Crippen LogP contribution >= 0.6 is 34.5 Å². The predicted molar refractivity (Wildman–Crippen MR) is 105 cm³/mol. The van der Waals surface area contributed by atoms with E-state index in [4.69, 9.17) is 27.9 Å². The van der Waals surface area contributed by atoms with Crippen LogP contribution in [0.5, 0.6) is 0 Å². The van der Waals surface area contributed by atoms with Gasteiger partial charge in [-0.25, -0.2) is 9.78 Å². The number of ether oxygens (including phenoxy) is 1. The lowest BCUT2D eigenvalue weighted by Crippen LogP contribution is -2.17. The summed E-state index contributed by atoms with van der Waals surface area (Å²) in [7, 11) is 0. The van der Waals surface area contributed by atoms with E-state index >= 15 is 0 Å². The molecule has 136 valence electrons. The second-order valence-corrected chi connectivity index (χ2v) is 7.60. The van der Waals surface area contributed by atoms with E-state index in [1.807, 2.05) is 22.2 Å². The molecule has 0 aliphatic carbocycles. The molecule has 7 heteroatoms. The van der Waals surface area contributed by atoms with Gasteiger partial charge in [-0.05, 0) is 35.6 Å². The lowest BCUT2D eigenvalue weighted by Gasteiger charge is -2.20. The third-order valence-electron chi connectivity index (χ3n) is 3.95. The maximum atomic E-state index is 12.8. The summed E-state index contributed by atoms with van der Waals surface area (Å²) >= 11 is 13.8. The number of benzene rings is 1. The highest BCUT2D eigenvalue weighted by Gasteiger charge is 2.23. The van der Waals surface area contributed by atoms with E-state index in [-0.39, 0.29) is 5.97 Å². The van der Waals surface area contributed by atoms with Gasteiger partial charge in [-0.1, -0.05) is 42.6 Å². The predicted octanol–water partition coefficient (Wildman–Crippen LogP) is 5.80. The molecule has 0 spiro atoms. The topological polar surface area (TPSA) is 44.1 Å². The van der Waals surface area contributed by atoms with Crippen molar-refractivity contribution in [1.82, 2.24) is 9.55 Å². The first kappa shape index (κ1) is 19.0. The van der Waals surface area contributed by atoms with E-state index in [9.17, 15) is 4.79 Å². The molecule has 0 radical (unpaired) electrons. The molecule has 2 aromatic heterocycles. The molecule has 0 bridgehead atoms. The van der Waals surface area contributed by atoms with E-state index < -0.39 is 6.10 Å². The van der Waals surface area contributed by atoms with Crippen LogP contribution in [0.2, 0.25) is 10.0 Å². The number of esters is 1. The molecule has 26 heavy (non-hydrogen) atoms. The van der Waals surface area contributed by atoms with Crippen LogP contribution in [-0.4, -0.2) is 15.5 Å². The normalized spacial score (nSPS) is 12.1. The zero-order chi connectivity index (χ0) is 18.5. The lowest BCUT2D eigenvalue weighted by atomic mass is 10.1. The van der Waals surface area contributed by atoms with Gasteiger partial charge in [-0.2, -0.15) is 0 Å². The smallest absolute Gasteiger partial charge is 0.349 e. The van der Waals surface area contributed by atoms with Crippen LogP contribution in [0.4, 0.5) is 0 Å². The number of aromatic nitrogens is 2. The minimum Gasteiger partial charge on any atom is -0.451 e. The summed E-state index contributed by atoms with van der Waals surface area (Å²) in [6, 6.07) is 7.16. The standard InChI is InChI=1S/C19H18Cl2N2O2S/c1-2-3-13-6-9-26-18(13)19(24)25-17(11-23-8-7-22-12-23)15-5-4-14(20)10-16(15)21/h4-10,12,17H,2-3,11H2,1H3. The highest BCUT2D eigenvalue weighted by atomic mass is 35.5. The number of hydrogen-bond acceptors (Lipinski definition) is 4. The molecule has 4 nitrogen and oxygen atoms in total. The first-order chi connectivity index (χ1) is 12.6. The van der Waals surface area contributed by atoms with Crippen molar-refractivity contribution in [2.24, 2.45) is 0 Å². The summed E-state index contributed by atoms with van der Waals surface area (Å²) in [6.07, 6.45) is 6.45. The van der Waals surface area contributed by atoms with Crippen LogP contribution in [0.15, 0.2) is 48.4 Å². The molecular formula is C19H18Cl2N2O2S. The van der Waals surface area contributed by atoms with Crippen molar-refractivity contribution in [3.8, 4) is 0 Å². The van der Waals surface area contributed by atoms with Gasteiger partial charge in [0.25, 0.3) is 0 Å². The minimum absolute atomic E-state index is 0.334. The first-order valence-corrected chi connectivity index (χ1v) is 9.90. The molecule has 0 saturated heterocycles. The van der Waals surface area contributed by atoms with Crippen molar-refractivity contribution < 1.29 is 9.53 Å². The van der Waals surface area contributed by atoms with Gasteiger partial charge in [0.1, 0.15) is 11.0 Å². The molecule has 0 N–H and O–H groups in total.